The molecular formula is C12H23N3OS. The van der Waals surface area contributed by atoms with Crippen LogP contribution in [0.3, 0.4) is 0 Å². The molecular weight excluding hydrogens is 234 g/mol. The molecule has 0 spiro atoms. The molecule has 0 atom stereocenters. The highest BCUT2D eigenvalue weighted by Gasteiger charge is 1.98. The maximum Gasteiger partial charge on any atom is 0.0762 e. The Morgan fingerprint density at radius 1 is 1.53 bits per heavy atom. The zero-order valence-corrected chi connectivity index (χ0v) is 11.6. The van der Waals surface area contributed by atoms with E-state index in [1.165, 1.54) is 17.9 Å². The summed E-state index contributed by atoms with van der Waals surface area (Å²) >= 11 is 1.99. The van der Waals surface area contributed by atoms with Gasteiger partial charge in [0, 0.05) is 32.9 Å². The fourth-order valence-electron chi connectivity index (χ4n) is 1.49. The third kappa shape index (κ3) is 6.71. The van der Waals surface area contributed by atoms with Crippen LogP contribution < -0.4 is 5.32 Å². The minimum Gasteiger partial charge on any atom is -0.383 e. The number of nitrogens with one attached hydrogen (secondary N) is 1. The molecule has 1 aromatic rings. The lowest BCUT2D eigenvalue weighted by Crippen LogP contribution is -2.19. The molecule has 0 aliphatic heterocycles. The third-order valence-electron chi connectivity index (χ3n) is 2.36. The van der Waals surface area contributed by atoms with E-state index in [-0.39, 0.29) is 0 Å². The highest BCUT2D eigenvalue weighted by atomic mass is 32.2. The summed E-state index contributed by atoms with van der Waals surface area (Å²) in [5.74, 6) is 2.42. The number of thioether (sulfide) groups is 1. The number of hydrogen-bond donors (Lipinski definition) is 1. The van der Waals surface area contributed by atoms with Crippen LogP contribution in [-0.2, 0) is 17.8 Å². The molecule has 0 radical (unpaired) electrons. The predicted octanol–water partition coefficient (Wildman–Crippen LogP) is 1.76. The quantitative estimate of drug-likeness (QED) is 0.648. The smallest absolute Gasteiger partial charge is 0.0762 e. The summed E-state index contributed by atoms with van der Waals surface area (Å²) in [6.07, 6.45) is 3.25. The summed E-state index contributed by atoms with van der Waals surface area (Å²) in [5.41, 5.74) is 1.10. The summed E-state index contributed by atoms with van der Waals surface area (Å²) in [6, 6.07) is 2.08. The molecule has 1 rings (SSSR count). The molecule has 17 heavy (non-hydrogen) atoms. The Kier molecular flexibility index (Phi) is 8.13. The first-order valence-electron chi connectivity index (χ1n) is 6.16. The van der Waals surface area contributed by atoms with Crippen molar-refractivity contribution < 1.29 is 4.74 Å². The van der Waals surface area contributed by atoms with Crippen LogP contribution in [0.4, 0.5) is 0 Å². The van der Waals surface area contributed by atoms with Gasteiger partial charge >= 0.3 is 0 Å². The fourth-order valence-corrected chi connectivity index (χ4v) is 2.11. The Morgan fingerprint density at radius 3 is 3.18 bits per heavy atom. The normalized spacial score (nSPS) is 10.9. The molecule has 0 aliphatic rings. The van der Waals surface area contributed by atoms with Crippen molar-refractivity contribution in [1.82, 2.24) is 15.1 Å². The Bertz CT molecular complexity index is 265. The zero-order valence-electron chi connectivity index (χ0n) is 10.8. The van der Waals surface area contributed by atoms with Gasteiger partial charge in [-0.1, -0.05) is 6.92 Å². The molecule has 1 heterocycles. The van der Waals surface area contributed by atoms with E-state index >= 15 is 0 Å². The van der Waals surface area contributed by atoms with Crippen molar-refractivity contribution in [3.63, 3.8) is 0 Å². The Hall–Kier alpha value is -0.520. The van der Waals surface area contributed by atoms with E-state index in [0.29, 0.717) is 0 Å². The van der Waals surface area contributed by atoms with Crippen LogP contribution in [-0.4, -0.2) is 41.5 Å². The highest BCUT2D eigenvalue weighted by molar-refractivity contribution is 7.99. The molecule has 0 saturated heterocycles. The average molecular weight is 257 g/mol. The van der Waals surface area contributed by atoms with E-state index in [1.54, 1.807) is 7.11 Å². The van der Waals surface area contributed by atoms with Gasteiger partial charge in [0.1, 0.15) is 0 Å². The molecule has 5 heteroatoms. The third-order valence-corrected chi connectivity index (χ3v) is 3.35. The second-order valence-electron chi connectivity index (χ2n) is 3.79. The number of methoxy groups -OCH3 is 1. The lowest BCUT2D eigenvalue weighted by atomic mass is 10.4. The first-order valence-corrected chi connectivity index (χ1v) is 7.32. The molecule has 0 bridgehead atoms. The van der Waals surface area contributed by atoms with E-state index in [1.807, 2.05) is 16.4 Å². The van der Waals surface area contributed by atoms with Gasteiger partial charge in [-0.3, -0.25) is 4.68 Å². The predicted molar refractivity (Wildman–Crippen MR) is 73.4 cm³/mol. The average Bonchev–Trinajstić information content (AvgIpc) is 2.78. The van der Waals surface area contributed by atoms with Crippen LogP contribution in [0.15, 0.2) is 12.3 Å². The van der Waals surface area contributed by atoms with E-state index in [2.05, 4.69) is 29.6 Å². The summed E-state index contributed by atoms with van der Waals surface area (Å²) < 4.78 is 7.00. The molecule has 1 N–H and O–H groups in total. The second-order valence-corrected chi connectivity index (χ2v) is 5.18. The monoisotopic (exact) mass is 257 g/mol. The molecule has 98 valence electrons. The minimum absolute atomic E-state index is 0.745. The minimum atomic E-state index is 0.745. The molecule has 0 saturated carbocycles. The van der Waals surface area contributed by atoms with Gasteiger partial charge in [-0.2, -0.15) is 16.9 Å². The van der Waals surface area contributed by atoms with Crippen molar-refractivity contribution in [1.29, 1.82) is 0 Å². The number of ether oxygens (including phenoxy) is 1. The van der Waals surface area contributed by atoms with Gasteiger partial charge in [0.2, 0.25) is 0 Å². The van der Waals surface area contributed by atoms with Crippen LogP contribution in [0.25, 0.3) is 0 Å². The van der Waals surface area contributed by atoms with Crippen molar-refractivity contribution in [2.45, 2.75) is 26.4 Å². The summed E-state index contributed by atoms with van der Waals surface area (Å²) in [6.45, 7) is 5.65. The summed E-state index contributed by atoms with van der Waals surface area (Å²) in [7, 11) is 1.71. The van der Waals surface area contributed by atoms with Crippen LogP contribution in [0.5, 0.6) is 0 Å². The number of nitrogens with zero attached hydrogens (tertiary/aromatic N) is 2. The number of aromatic nitrogens is 2. The number of rotatable bonds is 10. The fraction of sp³-hybridized carbons (Fsp3) is 0.750. The first kappa shape index (κ1) is 14.5. The van der Waals surface area contributed by atoms with Gasteiger partial charge in [0.15, 0.2) is 0 Å². The Balaban J connectivity index is 2.14. The zero-order chi connectivity index (χ0) is 12.3. The highest BCUT2D eigenvalue weighted by Crippen LogP contribution is 2.03. The van der Waals surface area contributed by atoms with Crippen LogP contribution in [0, 0.1) is 0 Å². The molecule has 0 aromatic carbocycles. The van der Waals surface area contributed by atoms with E-state index in [0.717, 1.165) is 31.9 Å². The SMILES string of the molecule is CCSCCCn1ccc(CNCCOC)n1. The van der Waals surface area contributed by atoms with Crippen LogP contribution >= 0.6 is 11.8 Å². The van der Waals surface area contributed by atoms with Gasteiger partial charge < -0.3 is 10.1 Å². The van der Waals surface area contributed by atoms with Gasteiger partial charge in [-0.05, 0) is 24.0 Å². The van der Waals surface area contributed by atoms with Crippen LogP contribution in [0.2, 0.25) is 0 Å². The molecule has 0 unspecified atom stereocenters. The lowest BCUT2D eigenvalue weighted by Gasteiger charge is -2.02. The van der Waals surface area contributed by atoms with E-state index in [4.69, 9.17) is 4.74 Å². The molecule has 0 fully saturated rings. The first-order chi connectivity index (χ1) is 8.36. The van der Waals surface area contributed by atoms with Crippen molar-refractivity contribution in [2.24, 2.45) is 0 Å². The van der Waals surface area contributed by atoms with Crippen molar-refractivity contribution in [2.75, 3.05) is 31.8 Å². The maximum absolute atomic E-state index is 4.97. The van der Waals surface area contributed by atoms with E-state index in [9.17, 15) is 0 Å². The summed E-state index contributed by atoms with van der Waals surface area (Å²) in [5, 5.41) is 7.80. The molecule has 1 aromatic heterocycles. The van der Waals surface area contributed by atoms with Crippen molar-refractivity contribution in [3.8, 4) is 0 Å². The van der Waals surface area contributed by atoms with Crippen LogP contribution in [0.1, 0.15) is 19.0 Å². The van der Waals surface area contributed by atoms with Gasteiger partial charge in [-0.25, -0.2) is 0 Å². The van der Waals surface area contributed by atoms with Crippen molar-refractivity contribution >= 4 is 11.8 Å². The molecule has 0 amide bonds. The van der Waals surface area contributed by atoms with E-state index < -0.39 is 0 Å². The lowest BCUT2D eigenvalue weighted by molar-refractivity contribution is 0.199. The largest absolute Gasteiger partial charge is 0.383 e. The van der Waals surface area contributed by atoms with Gasteiger partial charge in [-0.15, -0.1) is 0 Å². The maximum atomic E-state index is 4.97. The second kappa shape index (κ2) is 9.50. The number of aryl methyl sites for hydroxylation is 1. The van der Waals surface area contributed by atoms with Crippen molar-refractivity contribution in [3.05, 3.63) is 18.0 Å². The standard InChI is InChI=1S/C12H23N3OS/c1-3-17-10-4-7-15-8-5-12(14-15)11-13-6-9-16-2/h5,8,13H,3-4,6-7,9-11H2,1-2H3. The molecule has 4 nitrogen and oxygen atoms in total. The topological polar surface area (TPSA) is 39.1 Å². The van der Waals surface area contributed by atoms with Gasteiger partial charge in [0.05, 0.1) is 12.3 Å². The Labute approximate surface area is 108 Å². The molecule has 0 aliphatic carbocycles. The number of hydrogen-bond acceptors (Lipinski definition) is 4. The summed E-state index contributed by atoms with van der Waals surface area (Å²) in [4.78, 5) is 0. The Morgan fingerprint density at radius 2 is 2.41 bits per heavy atom. The van der Waals surface area contributed by atoms with Gasteiger partial charge in [0.25, 0.3) is 0 Å².